The summed E-state index contributed by atoms with van der Waals surface area (Å²) in [5, 5.41) is 4.19. The largest absolute Gasteiger partial charge is 0.293 e. The van der Waals surface area contributed by atoms with Crippen LogP contribution in [0.2, 0.25) is 0 Å². The summed E-state index contributed by atoms with van der Waals surface area (Å²) in [6.07, 6.45) is 0. The lowest BCUT2D eigenvalue weighted by Gasteiger charge is -2.18. The Morgan fingerprint density at radius 1 is 1.56 bits per heavy atom. The summed E-state index contributed by atoms with van der Waals surface area (Å²) in [5.74, 6) is -0.266. The molecule has 1 amide bonds. The van der Waals surface area contributed by atoms with Crippen molar-refractivity contribution in [2.24, 2.45) is 0 Å². The predicted molar refractivity (Wildman–Crippen MR) is 60.9 cm³/mol. The molecule has 1 N–H and O–H groups in total. The van der Waals surface area contributed by atoms with Crippen molar-refractivity contribution in [1.82, 2.24) is 15.3 Å². The van der Waals surface area contributed by atoms with Crippen molar-refractivity contribution in [1.29, 1.82) is 0 Å². The Morgan fingerprint density at radius 3 is 2.69 bits per heavy atom. The van der Waals surface area contributed by atoms with E-state index < -0.39 is 5.60 Å². The van der Waals surface area contributed by atoms with E-state index in [-0.39, 0.29) is 5.91 Å². The highest BCUT2D eigenvalue weighted by Gasteiger charge is 2.17. The number of carbonyl (C=O) groups excluding carboxylic acids is 1. The van der Waals surface area contributed by atoms with Gasteiger partial charge in [-0.2, -0.15) is 5.10 Å². The number of amides is 1. The lowest BCUT2D eigenvalue weighted by Crippen LogP contribution is -2.34. The Bertz CT molecular complexity index is 377. The number of rotatable bonds is 3. The van der Waals surface area contributed by atoms with Crippen molar-refractivity contribution in [3.63, 3.8) is 0 Å². The lowest BCUT2D eigenvalue weighted by molar-refractivity contribution is -0.0593. The SMILES string of the molecule is CCn1nc(C)cc1C(=O)NOC(C)(C)C. The first-order valence-electron chi connectivity index (χ1n) is 5.36. The molecule has 0 aromatic carbocycles. The van der Waals surface area contributed by atoms with Crippen LogP contribution in [0.15, 0.2) is 6.07 Å². The molecule has 0 saturated heterocycles. The smallest absolute Gasteiger partial charge is 0.268 e. The molecule has 90 valence electrons. The van der Waals surface area contributed by atoms with Crippen LogP contribution in [-0.4, -0.2) is 21.3 Å². The molecule has 0 spiro atoms. The fourth-order valence-electron chi connectivity index (χ4n) is 1.22. The van der Waals surface area contributed by atoms with E-state index in [9.17, 15) is 4.79 Å². The first-order chi connectivity index (χ1) is 7.33. The van der Waals surface area contributed by atoms with E-state index in [0.717, 1.165) is 5.69 Å². The molecule has 0 aliphatic rings. The number of hydrogen-bond acceptors (Lipinski definition) is 3. The van der Waals surface area contributed by atoms with E-state index in [1.807, 2.05) is 34.6 Å². The molecular weight excluding hydrogens is 206 g/mol. The minimum atomic E-state index is -0.401. The average Bonchev–Trinajstić information content (AvgIpc) is 2.55. The number of hydrogen-bond donors (Lipinski definition) is 1. The molecule has 1 rings (SSSR count). The van der Waals surface area contributed by atoms with Gasteiger partial charge in [0, 0.05) is 6.54 Å². The van der Waals surface area contributed by atoms with E-state index in [1.54, 1.807) is 10.7 Å². The van der Waals surface area contributed by atoms with Crippen LogP contribution in [0.1, 0.15) is 43.9 Å². The summed E-state index contributed by atoms with van der Waals surface area (Å²) in [4.78, 5) is 17.0. The van der Waals surface area contributed by atoms with Crippen LogP contribution in [0.25, 0.3) is 0 Å². The van der Waals surface area contributed by atoms with Crippen molar-refractivity contribution in [2.75, 3.05) is 0 Å². The Kier molecular flexibility index (Phi) is 3.70. The zero-order chi connectivity index (χ0) is 12.3. The van der Waals surface area contributed by atoms with Gasteiger partial charge in [-0.3, -0.25) is 14.3 Å². The predicted octanol–water partition coefficient (Wildman–Crippen LogP) is 1.67. The summed E-state index contributed by atoms with van der Waals surface area (Å²) in [7, 11) is 0. The Hall–Kier alpha value is -1.36. The molecule has 0 bridgehead atoms. The first-order valence-corrected chi connectivity index (χ1v) is 5.36. The Labute approximate surface area is 95.7 Å². The quantitative estimate of drug-likeness (QED) is 0.796. The Morgan fingerprint density at radius 2 is 2.19 bits per heavy atom. The third-order valence-corrected chi connectivity index (χ3v) is 1.88. The van der Waals surface area contributed by atoms with Crippen molar-refractivity contribution < 1.29 is 9.63 Å². The number of nitrogens with zero attached hydrogens (tertiary/aromatic N) is 2. The molecule has 5 heteroatoms. The fourth-order valence-corrected chi connectivity index (χ4v) is 1.22. The summed E-state index contributed by atoms with van der Waals surface area (Å²) < 4.78 is 1.65. The van der Waals surface area contributed by atoms with Gasteiger partial charge in [-0.25, -0.2) is 5.48 Å². The van der Waals surface area contributed by atoms with Gasteiger partial charge < -0.3 is 0 Å². The van der Waals surface area contributed by atoms with Crippen LogP contribution >= 0.6 is 0 Å². The van der Waals surface area contributed by atoms with E-state index >= 15 is 0 Å². The monoisotopic (exact) mass is 225 g/mol. The number of aromatic nitrogens is 2. The molecule has 1 aromatic heterocycles. The van der Waals surface area contributed by atoms with Gasteiger partial charge in [0.2, 0.25) is 0 Å². The van der Waals surface area contributed by atoms with E-state index in [0.29, 0.717) is 12.2 Å². The maximum absolute atomic E-state index is 11.8. The number of hydroxylamine groups is 1. The normalized spacial score (nSPS) is 11.6. The van der Waals surface area contributed by atoms with Crippen LogP contribution in [0.4, 0.5) is 0 Å². The molecule has 0 atom stereocenters. The molecule has 0 fully saturated rings. The summed E-state index contributed by atoms with van der Waals surface area (Å²) >= 11 is 0. The van der Waals surface area contributed by atoms with Gasteiger partial charge in [0.15, 0.2) is 0 Å². The zero-order valence-electron chi connectivity index (χ0n) is 10.5. The zero-order valence-corrected chi connectivity index (χ0v) is 10.5. The van der Waals surface area contributed by atoms with Crippen LogP contribution < -0.4 is 5.48 Å². The third-order valence-electron chi connectivity index (χ3n) is 1.88. The second-order valence-corrected chi connectivity index (χ2v) is 4.63. The molecule has 0 radical (unpaired) electrons. The topological polar surface area (TPSA) is 56.2 Å². The van der Waals surface area contributed by atoms with Crippen LogP contribution in [-0.2, 0) is 11.4 Å². The van der Waals surface area contributed by atoms with E-state index in [4.69, 9.17) is 4.84 Å². The van der Waals surface area contributed by atoms with Crippen molar-refractivity contribution in [3.8, 4) is 0 Å². The molecular formula is C11H19N3O2. The summed E-state index contributed by atoms with van der Waals surface area (Å²) in [6.45, 7) is 10.1. The van der Waals surface area contributed by atoms with E-state index in [1.165, 1.54) is 0 Å². The molecule has 16 heavy (non-hydrogen) atoms. The van der Waals surface area contributed by atoms with Gasteiger partial charge in [-0.1, -0.05) is 0 Å². The summed E-state index contributed by atoms with van der Waals surface area (Å²) in [6, 6.07) is 1.74. The van der Waals surface area contributed by atoms with Crippen molar-refractivity contribution >= 4 is 5.91 Å². The lowest BCUT2D eigenvalue weighted by atomic mass is 10.2. The van der Waals surface area contributed by atoms with Gasteiger partial charge in [-0.05, 0) is 40.7 Å². The standard InChI is InChI=1S/C11H19N3O2/c1-6-14-9(7-8(2)12-14)10(15)13-16-11(3,4)5/h7H,6H2,1-5H3,(H,13,15). The molecule has 0 aliphatic heterocycles. The van der Waals surface area contributed by atoms with Crippen LogP contribution in [0, 0.1) is 6.92 Å². The number of aryl methyl sites for hydroxylation is 2. The average molecular weight is 225 g/mol. The maximum Gasteiger partial charge on any atom is 0.293 e. The molecule has 0 unspecified atom stereocenters. The second kappa shape index (κ2) is 4.65. The maximum atomic E-state index is 11.8. The highest BCUT2D eigenvalue weighted by atomic mass is 16.7. The van der Waals surface area contributed by atoms with Crippen molar-refractivity contribution in [3.05, 3.63) is 17.5 Å². The second-order valence-electron chi connectivity index (χ2n) is 4.63. The number of carbonyl (C=O) groups is 1. The van der Waals surface area contributed by atoms with Gasteiger partial charge in [0.25, 0.3) is 5.91 Å². The third kappa shape index (κ3) is 3.34. The molecule has 1 aromatic rings. The summed E-state index contributed by atoms with van der Waals surface area (Å²) in [5.41, 5.74) is 3.37. The minimum absolute atomic E-state index is 0.266. The number of nitrogens with one attached hydrogen (secondary N) is 1. The van der Waals surface area contributed by atoms with Crippen LogP contribution in [0.3, 0.4) is 0 Å². The highest BCUT2D eigenvalue weighted by Crippen LogP contribution is 2.07. The fraction of sp³-hybridized carbons (Fsp3) is 0.636. The first kappa shape index (κ1) is 12.7. The molecule has 0 aliphatic carbocycles. The minimum Gasteiger partial charge on any atom is -0.268 e. The van der Waals surface area contributed by atoms with Crippen LogP contribution in [0.5, 0.6) is 0 Å². The highest BCUT2D eigenvalue weighted by molar-refractivity contribution is 5.91. The molecule has 5 nitrogen and oxygen atoms in total. The van der Waals surface area contributed by atoms with E-state index in [2.05, 4.69) is 10.6 Å². The van der Waals surface area contributed by atoms with Crippen molar-refractivity contribution in [2.45, 2.75) is 46.8 Å². The van der Waals surface area contributed by atoms with Gasteiger partial charge >= 0.3 is 0 Å². The van der Waals surface area contributed by atoms with Gasteiger partial charge in [-0.15, -0.1) is 0 Å². The molecule has 0 saturated carbocycles. The van der Waals surface area contributed by atoms with Gasteiger partial charge in [0.05, 0.1) is 11.3 Å². The van der Waals surface area contributed by atoms with Gasteiger partial charge in [0.1, 0.15) is 5.69 Å². The Balaban J connectivity index is 2.73. The molecule has 1 heterocycles.